The zero-order valence-corrected chi connectivity index (χ0v) is 38.5. The highest BCUT2D eigenvalue weighted by atomic mass is 16.6. The van der Waals surface area contributed by atoms with E-state index < -0.39 is 6.10 Å². The van der Waals surface area contributed by atoms with Crippen molar-refractivity contribution in [3.05, 3.63) is 72.9 Å². The van der Waals surface area contributed by atoms with Crippen molar-refractivity contribution >= 4 is 17.9 Å². The molecule has 59 heavy (non-hydrogen) atoms. The van der Waals surface area contributed by atoms with Crippen molar-refractivity contribution in [3.8, 4) is 0 Å². The smallest absolute Gasteiger partial charge is 0.306 e. The van der Waals surface area contributed by atoms with E-state index in [1.807, 2.05) is 0 Å². The predicted molar refractivity (Wildman–Crippen MR) is 251 cm³/mol. The molecule has 0 saturated carbocycles. The summed E-state index contributed by atoms with van der Waals surface area (Å²) >= 11 is 0. The Kier molecular flexibility index (Phi) is 45.0. The van der Waals surface area contributed by atoms with Crippen molar-refractivity contribution in [1.29, 1.82) is 0 Å². The van der Waals surface area contributed by atoms with Gasteiger partial charge in [-0.2, -0.15) is 0 Å². The molecule has 6 nitrogen and oxygen atoms in total. The molecule has 338 valence electrons. The van der Waals surface area contributed by atoms with Gasteiger partial charge in [-0.05, 0) is 83.5 Å². The molecule has 6 heteroatoms. The molecule has 0 aromatic heterocycles. The molecule has 0 N–H and O–H groups in total. The van der Waals surface area contributed by atoms with E-state index in [9.17, 15) is 14.4 Å². The van der Waals surface area contributed by atoms with E-state index >= 15 is 0 Å². The van der Waals surface area contributed by atoms with Crippen LogP contribution in [0.5, 0.6) is 0 Å². The molecule has 1 unspecified atom stereocenters. The zero-order valence-electron chi connectivity index (χ0n) is 38.5. The van der Waals surface area contributed by atoms with Gasteiger partial charge in [-0.15, -0.1) is 0 Å². The van der Waals surface area contributed by atoms with Crippen LogP contribution in [0.4, 0.5) is 0 Å². The Labute approximate surface area is 363 Å². The van der Waals surface area contributed by atoms with Gasteiger partial charge in [0.05, 0.1) is 0 Å². The molecule has 0 aliphatic carbocycles. The van der Waals surface area contributed by atoms with Crippen LogP contribution in [0.2, 0.25) is 0 Å². The van der Waals surface area contributed by atoms with Gasteiger partial charge in [0.25, 0.3) is 0 Å². The standard InChI is InChI=1S/C53H90O6/c1-4-7-10-13-16-19-22-25-26-27-28-29-32-34-37-40-43-46-52(55)58-49-50(59-53(56)47-44-41-38-35-31-24-21-18-15-12-9-6-3)48-57-51(54)45-42-39-36-33-30-23-20-17-14-11-8-5-2/h7,10,16,18-19,21,25-26,28-29,34,37,50H,4-6,8-9,11-15,17,20,22-24,27,30-33,35-36,38-49H2,1-3H3/b10-7-,19-16-,21-18-,26-25-,29-28-,37-34-. The van der Waals surface area contributed by atoms with Crippen LogP contribution >= 0.6 is 0 Å². The molecule has 0 spiro atoms. The largest absolute Gasteiger partial charge is 0.462 e. The van der Waals surface area contributed by atoms with Gasteiger partial charge < -0.3 is 14.2 Å². The molecular weight excluding hydrogens is 733 g/mol. The summed E-state index contributed by atoms with van der Waals surface area (Å²) in [4.78, 5) is 37.8. The molecule has 0 aromatic rings. The normalized spacial score (nSPS) is 12.7. The van der Waals surface area contributed by atoms with E-state index in [2.05, 4.69) is 93.7 Å². The van der Waals surface area contributed by atoms with Crippen LogP contribution in [0.1, 0.15) is 226 Å². The van der Waals surface area contributed by atoms with Crippen LogP contribution in [-0.2, 0) is 28.6 Å². The first kappa shape index (κ1) is 55.9. The van der Waals surface area contributed by atoms with Gasteiger partial charge in [0.1, 0.15) is 13.2 Å². The molecule has 0 aromatic carbocycles. The van der Waals surface area contributed by atoms with Gasteiger partial charge >= 0.3 is 17.9 Å². The minimum Gasteiger partial charge on any atom is -0.462 e. The van der Waals surface area contributed by atoms with Crippen LogP contribution in [0.15, 0.2) is 72.9 Å². The second kappa shape index (κ2) is 47.5. The number of hydrogen-bond donors (Lipinski definition) is 0. The lowest BCUT2D eigenvalue weighted by atomic mass is 10.0. The van der Waals surface area contributed by atoms with E-state index in [1.165, 1.54) is 89.9 Å². The van der Waals surface area contributed by atoms with E-state index in [0.717, 1.165) is 89.9 Å². The molecule has 0 rings (SSSR count). The summed E-state index contributed by atoms with van der Waals surface area (Å²) in [5.41, 5.74) is 0. The van der Waals surface area contributed by atoms with Gasteiger partial charge in [-0.25, -0.2) is 0 Å². The summed E-state index contributed by atoms with van der Waals surface area (Å²) in [6, 6.07) is 0. The monoisotopic (exact) mass is 823 g/mol. The van der Waals surface area contributed by atoms with Crippen molar-refractivity contribution in [3.63, 3.8) is 0 Å². The zero-order chi connectivity index (χ0) is 43.0. The molecule has 0 amide bonds. The van der Waals surface area contributed by atoms with Gasteiger partial charge in [-0.3, -0.25) is 14.4 Å². The Morgan fingerprint density at radius 3 is 1.15 bits per heavy atom. The Morgan fingerprint density at radius 1 is 0.356 bits per heavy atom. The van der Waals surface area contributed by atoms with Gasteiger partial charge in [0.2, 0.25) is 0 Å². The number of ether oxygens (including phenoxy) is 3. The van der Waals surface area contributed by atoms with Crippen LogP contribution in [0.3, 0.4) is 0 Å². The maximum absolute atomic E-state index is 12.7. The van der Waals surface area contributed by atoms with Gasteiger partial charge in [0, 0.05) is 19.3 Å². The van der Waals surface area contributed by atoms with E-state index in [0.29, 0.717) is 19.3 Å². The number of esters is 3. The minimum absolute atomic E-state index is 0.0951. The van der Waals surface area contributed by atoms with Crippen molar-refractivity contribution in [2.75, 3.05) is 13.2 Å². The number of rotatable bonds is 43. The van der Waals surface area contributed by atoms with Gasteiger partial charge in [0.15, 0.2) is 6.10 Å². The third kappa shape index (κ3) is 45.8. The quantitative estimate of drug-likeness (QED) is 0.0264. The number of hydrogen-bond acceptors (Lipinski definition) is 6. The molecule has 0 saturated heterocycles. The highest BCUT2D eigenvalue weighted by molar-refractivity contribution is 5.71. The maximum atomic E-state index is 12.7. The van der Waals surface area contributed by atoms with Gasteiger partial charge in [-0.1, -0.05) is 196 Å². The summed E-state index contributed by atoms with van der Waals surface area (Å²) in [5, 5.41) is 0. The second-order valence-corrected chi connectivity index (χ2v) is 16.0. The van der Waals surface area contributed by atoms with Crippen LogP contribution in [0, 0.1) is 0 Å². The summed E-state index contributed by atoms with van der Waals surface area (Å²) in [7, 11) is 0. The average molecular weight is 823 g/mol. The van der Waals surface area contributed by atoms with E-state index in [1.54, 1.807) is 0 Å². The molecular formula is C53H90O6. The fourth-order valence-electron chi connectivity index (χ4n) is 6.53. The molecule has 0 radical (unpaired) electrons. The molecule has 0 fully saturated rings. The predicted octanol–water partition coefficient (Wildman–Crippen LogP) is 15.9. The third-order valence-corrected chi connectivity index (χ3v) is 10.2. The fourth-order valence-corrected chi connectivity index (χ4v) is 6.53. The first-order valence-electron chi connectivity index (χ1n) is 24.4. The minimum atomic E-state index is -0.799. The Balaban J connectivity index is 4.47. The van der Waals surface area contributed by atoms with Crippen molar-refractivity contribution in [2.24, 2.45) is 0 Å². The molecule has 1 atom stereocenters. The van der Waals surface area contributed by atoms with Crippen LogP contribution in [-0.4, -0.2) is 37.2 Å². The average Bonchev–Trinajstić information content (AvgIpc) is 3.23. The fraction of sp³-hybridized carbons (Fsp3) is 0.717. The highest BCUT2D eigenvalue weighted by Gasteiger charge is 2.19. The molecule has 0 heterocycles. The van der Waals surface area contributed by atoms with Crippen molar-refractivity contribution in [2.45, 2.75) is 232 Å². The Morgan fingerprint density at radius 2 is 0.678 bits per heavy atom. The Hall–Kier alpha value is -3.15. The summed E-state index contributed by atoms with van der Waals surface area (Å²) in [5.74, 6) is -0.967. The number of carbonyl (C=O) groups is 3. The first-order valence-corrected chi connectivity index (χ1v) is 24.4. The number of allylic oxidation sites excluding steroid dienone is 12. The van der Waals surface area contributed by atoms with Crippen LogP contribution < -0.4 is 0 Å². The highest BCUT2D eigenvalue weighted by Crippen LogP contribution is 2.14. The molecule has 0 aliphatic rings. The molecule has 0 aliphatic heterocycles. The summed E-state index contributed by atoms with van der Waals surface area (Å²) in [6.45, 7) is 6.43. The first-order chi connectivity index (χ1) is 29.0. The topological polar surface area (TPSA) is 78.9 Å². The number of carbonyl (C=O) groups excluding carboxylic acids is 3. The SMILES string of the molecule is CC/C=C\C/C=C\C/C=C\C/C=C\C/C=C\CCCC(=O)OCC(COC(=O)CCCCCCCCCCCCCC)OC(=O)CCCCCCC/C=C\CCCCC. The third-order valence-electron chi connectivity index (χ3n) is 10.2. The Bertz CT molecular complexity index is 1130. The lowest BCUT2D eigenvalue weighted by molar-refractivity contribution is -0.167. The van der Waals surface area contributed by atoms with Crippen molar-refractivity contribution in [1.82, 2.24) is 0 Å². The van der Waals surface area contributed by atoms with E-state index in [4.69, 9.17) is 14.2 Å². The molecule has 0 bridgehead atoms. The summed E-state index contributed by atoms with van der Waals surface area (Å²) in [6.07, 6.45) is 58.9. The number of unbranched alkanes of at least 4 members (excludes halogenated alkanes) is 20. The second-order valence-electron chi connectivity index (χ2n) is 16.0. The lowest BCUT2D eigenvalue weighted by Gasteiger charge is -2.18. The summed E-state index contributed by atoms with van der Waals surface area (Å²) < 4.78 is 16.7. The van der Waals surface area contributed by atoms with Crippen LogP contribution in [0.25, 0.3) is 0 Å². The maximum Gasteiger partial charge on any atom is 0.306 e. The van der Waals surface area contributed by atoms with Crippen molar-refractivity contribution < 1.29 is 28.6 Å². The van der Waals surface area contributed by atoms with E-state index in [-0.39, 0.29) is 37.5 Å². The lowest BCUT2D eigenvalue weighted by Crippen LogP contribution is -2.30.